The zero-order valence-electron chi connectivity index (χ0n) is 14.6. The minimum Gasteiger partial charge on any atom is -0.494 e. The lowest BCUT2D eigenvalue weighted by atomic mass is 9.99. The van der Waals surface area contributed by atoms with Crippen LogP contribution in [0.25, 0.3) is 0 Å². The maximum absolute atomic E-state index is 12.4. The van der Waals surface area contributed by atoms with E-state index in [1.54, 1.807) is 0 Å². The van der Waals surface area contributed by atoms with Gasteiger partial charge in [0.05, 0.1) is 11.8 Å². The van der Waals surface area contributed by atoms with Crippen LogP contribution < -0.4 is 21.6 Å². The van der Waals surface area contributed by atoms with Crippen LogP contribution in [0.15, 0.2) is 39.0 Å². The number of benzene rings is 1. The maximum Gasteiger partial charge on any atom is 0.333 e. The smallest absolute Gasteiger partial charge is 0.333 e. The van der Waals surface area contributed by atoms with Crippen molar-refractivity contribution in [3.05, 3.63) is 56.2 Å². The fourth-order valence-corrected chi connectivity index (χ4v) is 2.88. The quantitative estimate of drug-likeness (QED) is 0.836. The molecule has 1 aliphatic heterocycles. The van der Waals surface area contributed by atoms with Gasteiger partial charge in [0.15, 0.2) is 0 Å². The Morgan fingerprint density at radius 1 is 1.16 bits per heavy atom. The normalized spacial score (nSPS) is 16.5. The first kappa shape index (κ1) is 16.8. The maximum atomic E-state index is 12.4. The standard InChI is InChI=1S/C17H21N5O3/c1-20(2)11-7-5-10(6-8-11)12-9-13(19-18-12)14-15(23)21(3)17(25)22(4)16(14)24/h5-8,12,18,23H,9H2,1-4H3/t12-/m1/s1. The lowest BCUT2D eigenvalue weighted by Crippen LogP contribution is -2.39. The summed E-state index contributed by atoms with van der Waals surface area (Å²) in [4.78, 5) is 26.3. The molecule has 0 bridgehead atoms. The molecule has 1 atom stereocenters. The molecule has 3 rings (SSSR count). The highest BCUT2D eigenvalue weighted by Gasteiger charge is 2.27. The molecule has 0 fully saturated rings. The third-order valence-electron chi connectivity index (χ3n) is 4.49. The molecule has 132 valence electrons. The first-order valence-corrected chi connectivity index (χ1v) is 7.90. The van der Waals surface area contributed by atoms with Gasteiger partial charge < -0.3 is 15.4 Å². The third-order valence-corrected chi connectivity index (χ3v) is 4.49. The molecule has 0 saturated carbocycles. The lowest BCUT2D eigenvalue weighted by Gasteiger charge is -2.15. The number of nitrogens with one attached hydrogen (secondary N) is 1. The van der Waals surface area contributed by atoms with Crippen LogP contribution in [-0.4, -0.2) is 34.0 Å². The molecule has 2 heterocycles. The van der Waals surface area contributed by atoms with Gasteiger partial charge in [0.2, 0.25) is 5.88 Å². The van der Waals surface area contributed by atoms with Gasteiger partial charge in [0.25, 0.3) is 5.56 Å². The number of aromatic hydroxyl groups is 1. The zero-order chi connectivity index (χ0) is 18.3. The molecule has 1 aromatic heterocycles. The van der Waals surface area contributed by atoms with Gasteiger partial charge in [-0.3, -0.25) is 13.9 Å². The summed E-state index contributed by atoms with van der Waals surface area (Å²) in [6.07, 6.45) is 0.447. The number of rotatable bonds is 3. The first-order valence-electron chi connectivity index (χ1n) is 7.90. The summed E-state index contributed by atoms with van der Waals surface area (Å²) in [6, 6.07) is 7.94. The van der Waals surface area contributed by atoms with E-state index >= 15 is 0 Å². The highest BCUT2D eigenvalue weighted by atomic mass is 16.3. The molecule has 0 amide bonds. The summed E-state index contributed by atoms with van der Waals surface area (Å²) in [5, 5.41) is 14.5. The second kappa shape index (κ2) is 6.12. The van der Waals surface area contributed by atoms with Crippen LogP contribution in [0.5, 0.6) is 5.88 Å². The van der Waals surface area contributed by atoms with Gasteiger partial charge in [0.1, 0.15) is 5.56 Å². The summed E-state index contributed by atoms with van der Waals surface area (Å²) >= 11 is 0. The van der Waals surface area contributed by atoms with Crippen molar-refractivity contribution in [3.63, 3.8) is 0 Å². The van der Waals surface area contributed by atoms with Crippen LogP contribution in [0, 0.1) is 0 Å². The van der Waals surface area contributed by atoms with Crippen molar-refractivity contribution in [1.29, 1.82) is 0 Å². The van der Waals surface area contributed by atoms with E-state index in [0.29, 0.717) is 12.1 Å². The average molecular weight is 343 g/mol. The van der Waals surface area contributed by atoms with Crippen molar-refractivity contribution in [2.45, 2.75) is 12.5 Å². The van der Waals surface area contributed by atoms with Crippen molar-refractivity contribution < 1.29 is 5.11 Å². The van der Waals surface area contributed by atoms with Gasteiger partial charge >= 0.3 is 5.69 Å². The Labute approximate surface area is 144 Å². The second-order valence-corrected chi connectivity index (χ2v) is 6.33. The SMILES string of the molecule is CN(C)c1ccc([C@H]2CC(c3c(O)n(C)c(=O)n(C)c3=O)=NN2)cc1. The van der Waals surface area contributed by atoms with Crippen molar-refractivity contribution in [2.24, 2.45) is 19.2 Å². The lowest BCUT2D eigenvalue weighted by molar-refractivity contribution is 0.410. The summed E-state index contributed by atoms with van der Waals surface area (Å²) in [6.45, 7) is 0. The Morgan fingerprint density at radius 2 is 1.80 bits per heavy atom. The van der Waals surface area contributed by atoms with E-state index in [1.165, 1.54) is 14.1 Å². The molecule has 0 aliphatic carbocycles. The molecular weight excluding hydrogens is 322 g/mol. The molecular formula is C17H21N5O3. The van der Waals surface area contributed by atoms with Crippen LogP contribution in [-0.2, 0) is 14.1 Å². The Morgan fingerprint density at radius 3 is 2.40 bits per heavy atom. The fraction of sp³-hybridized carbons (Fsp3) is 0.353. The largest absolute Gasteiger partial charge is 0.494 e. The highest BCUT2D eigenvalue weighted by Crippen LogP contribution is 2.27. The van der Waals surface area contributed by atoms with Crippen LogP contribution >= 0.6 is 0 Å². The predicted molar refractivity (Wildman–Crippen MR) is 96.4 cm³/mol. The van der Waals surface area contributed by atoms with Gasteiger partial charge in [-0.15, -0.1) is 0 Å². The zero-order valence-corrected chi connectivity index (χ0v) is 14.6. The number of aromatic nitrogens is 2. The minimum atomic E-state index is -0.575. The Bertz CT molecular complexity index is 954. The van der Waals surface area contributed by atoms with Gasteiger partial charge in [0, 0.05) is 40.3 Å². The minimum absolute atomic E-state index is 0.0597. The van der Waals surface area contributed by atoms with E-state index < -0.39 is 11.2 Å². The Balaban J connectivity index is 1.91. The van der Waals surface area contributed by atoms with E-state index in [-0.39, 0.29) is 17.5 Å². The summed E-state index contributed by atoms with van der Waals surface area (Å²) in [5.41, 5.74) is 4.50. The van der Waals surface area contributed by atoms with Crippen molar-refractivity contribution in [3.8, 4) is 5.88 Å². The van der Waals surface area contributed by atoms with E-state index in [1.807, 2.05) is 43.3 Å². The number of hydrogen-bond acceptors (Lipinski definition) is 6. The van der Waals surface area contributed by atoms with Gasteiger partial charge in [-0.2, -0.15) is 5.10 Å². The predicted octanol–water partition coefficient (Wildman–Crippen LogP) is 0.294. The number of nitrogens with zero attached hydrogens (tertiary/aromatic N) is 4. The molecule has 2 N–H and O–H groups in total. The van der Waals surface area contributed by atoms with Crippen LogP contribution in [0.3, 0.4) is 0 Å². The summed E-state index contributed by atoms with van der Waals surface area (Å²) in [5.74, 6) is -0.364. The van der Waals surface area contributed by atoms with Gasteiger partial charge in [-0.05, 0) is 17.7 Å². The number of hydrogen-bond donors (Lipinski definition) is 2. The van der Waals surface area contributed by atoms with Crippen molar-refractivity contribution in [1.82, 2.24) is 14.6 Å². The van der Waals surface area contributed by atoms with E-state index in [9.17, 15) is 14.7 Å². The summed E-state index contributed by atoms with van der Waals surface area (Å²) in [7, 11) is 6.75. The van der Waals surface area contributed by atoms with Crippen LogP contribution in [0.2, 0.25) is 0 Å². The van der Waals surface area contributed by atoms with E-state index in [4.69, 9.17) is 0 Å². The van der Waals surface area contributed by atoms with E-state index in [2.05, 4.69) is 10.5 Å². The summed E-state index contributed by atoms with van der Waals surface area (Å²) < 4.78 is 2.01. The van der Waals surface area contributed by atoms with Gasteiger partial charge in [-0.1, -0.05) is 12.1 Å². The highest BCUT2D eigenvalue weighted by molar-refractivity contribution is 6.03. The Hall–Kier alpha value is -3.03. The number of anilines is 1. The first-order chi connectivity index (χ1) is 11.8. The third kappa shape index (κ3) is 2.79. The average Bonchev–Trinajstić information content (AvgIpc) is 3.08. The topological polar surface area (TPSA) is 91.9 Å². The molecule has 8 heteroatoms. The van der Waals surface area contributed by atoms with Crippen LogP contribution in [0.1, 0.15) is 23.6 Å². The monoisotopic (exact) mass is 343 g/mol. The molecule has 0 radical (unpaired) electrons. The van der Waals surface area contributed by atoms with Crippen molar-refractivity contribution >= 4 is 11.4 Å². The molecule has 0 saturated heterocycles. The van der Waals surface area contributed by atoms with Gasteiger partial charge in [-0.25, -0.2) is 4.79 Å². The van der Waals surface area contributed by atoms with E-state index in [0.717, 1.165) is 20.4 Å². The molecule has 2 aromatic rings. The number of hydrazone groups is 1. The fourth-order valence-electron chi connectivity index (χ4n) is 2.88. The Kier molecular flexibility index (Phi) is 4.12. The molecule has 25 heavy (non-hydrogen) atoms. The van der Waals surface area contributed by atoms with Crippen LogP contribution in [0.4, 0.5) is 5.69 Å². The molecule has 0 spiro atoms. The second-order valence-electron chi connectivity index (χ2n) is 6.33. The van der Waals surface area contributed by atoms with Crippen molar-refractivity contribution in [2.75, 3.05) is 19.0 Å². The molecule has 1 aliphatic rings. The molecule has 8 nitrogen and oxygen atoms in total. The molecule has 0 unspecified atom stereocenters. The molecule has 1 aromatic carbocycles.